The normalized spacial score (nSPS) is 13.9. The molecule has 10 nitrogen and oxygen atoms in total. The quantitative estimate of drug-likeness (QED) is 0.473. The summed E-state index contributed by atoms with van der Waals surface area (Å²) in [6, 6.07) is 9.49. The molecule has 1 aliphatic heterocycles. The molecule has 0 atom stereocenters. The van der Waals surface area contributed by atoms with E-state index < -0.39 is 21.9 Å². The number of aromatic nitrogens is 1. The number of nitrogens with zero attached hydrogens (tertiary/aromatic N) is 4. The molecule has 166 valence electrons. The Balaban J connectivity index is 1.68. The number of carboxylic acids is 1. The molecule has 1 aromatic heterocycles. The number of benzene rings is 2. The molecule has 1 fully saturated rings. The predicted molar refractivity (Wildman–Crippen MR) is 116 cm³/mol. The third-order valence-corrected chi connectivity index (χ3v) is 5.53. The van der Waals surface area contributed by atoms with Gasteiger partial charge in [0.15, 0.2) is 5.75 Å². The van der Waals surface area contributed by atoms with Crippen LogP contribution in [0.2, 0.25) is 0 Å². The molecular weight excluding hydrogens is 423 g/mol. The van der Waals surface area contributed by atoms with Crippen molar-refractivity contribution in [2.45, 2.75) is 0 Å². The van der Waals surface area contributed by atoms with E-state index in [1.165, 1.54) is 19.2 Å². The first-order chi connectivity index (χ1) is 15.3. The predicted octanol–water partition coefficient (Wildman–Crippen LogP) is 2.68. The molecule has 2 heterocycles. The van der Waals surface area contributed by atoms with Gasteiger partial charge in [-0.25, -0.2) is 4.79 Å². The van der Waals surface area contributed by atoms with Crippen molar-refractivity contribution in [1.29, 1.82) is 0 Å². The van der Waals surface area contributed by atoms with Crippen LogP contribution in [-0.2, 0) is 0 Å². The van der Waals surface area contributed by atoms with Crippen molar-refractivity contribution in [3.63, 3.8) is 0 Å². The maximum absolute atomic E-state index is 14.7. The van der Waals surface area contributed by atoms with Crippen LogP contribution in [0.5, 0.6) is 5.75 Å². The fraction of sp³-hybridized carbons (Fsp3) is 0.238. The summed E-state index contributed by atoms with van der Waals surface area (Å²) in [7, 11) is 1.34. The number of piperazine rings is 1. The summed E-state index contributed by atoms with van der Waals surface area (Å²) in [4.78, 5) is 38.6. The van der Waals surface area contributed by atoms with E-state index in [1.54, 1.807) is 24.3 Å². The summed E-state index contributed by atoms with van der Waals surface area (Å²) >= 11 is 0. The number of hydrogen-bond donors (Lipinski definition) is 1. The number of hydrogen-bond acceptors (Lipinski definition) is 7. The van der Waals surface area contributed by atoms with Crippen LogP contribution in [0.3, 0.4) is 0 Å². The van der Waals surface area contributed by atoms with Gasteiger partial charge in [0.05, 0.1) is 29.3 Å². The van der Waals surface area contributed by atoms with Crippen molar-refractivity contribution in [2.24, 2.45) is 0 Å². The third-order valence-electron chi connectivity index (χ3n) is 5.53. The molecule has 11 heteroatoms. The highest BCUT2D eigenvalue weighted by Gasteiger charge is 2.27. The zero-order chi connectivity index (χ0) is 23.0. The smallest absolute Gasteiger partial charge is 0.341 e. The minimum atomic E-state index is -1.52. The Labute approximate surface area is 180 Å². The Morgan fingerprint density at radius 3 is 2.31 bits per heavy atom. The zero-order valence-corrected chi connectivity index (χ0v) is 17.0. The first kappa shape index (κ1) is 21.1. The average molecular weight is 442 g/mol. The van der Waals surface area contributed by atoms with Gasteiger partial charge in [-0.3, -0.25) is 14.9 Å². The maximum atomic E-state index is 14.7. The van der Waals surface area contributed by atoms with E-state index in [1.807, 2.05) is 9.80 Å². The molecule has 0 bridgehead atoms. The summed E-state index contributed by atoms with van der Waals surface area (Å²) in [5.74, 6) is -1.41. The topological polar surface area (TPSA) is 118 Å². The minimum absolute atomic E-state index is 0.0277. The minimum Gasteiger partial charge on any atom is -0.492 e. The second-order valence-electron chi connectivity index (χ2n) is 7.22. The number of halogens is 1. The summed E-state index contributed by atoms with van der Waals surface area (Å²) in [6.45, 7) is 1.90. The van der Waals surface area contributed by atoms with E-state index in [0.717, 1.165) is 0 Å². The number of rotatable bonds is 5. The van der Waals surface area contributed by atoms with E-state index in [-0.39, 0.29) is 27.1 Å². The number of fused-ring (bicyclic) bond motifs is 1. The number of anilines is 2. The van der Waals surface area contributed by atoms with Crippen LogP contribution in [0, 0.1) is 10.1 Å². The van der Waals surface area contributed by atoms with Crippen LogP contribution in [0.15, 0.2) is 47.4 Å². The van der Waals surface area contributed by atoms with Crippen LogP contribution >= 0.6 is 0 Å². The van der Waals surface area contributed by atoms with Gasteiger partial charge in [0.2, 0.25) is 5.43 Å². The largest absolute Gasteiger partial charge is 0.492 e. The third kappa shape index (κ3) is 3.47. The lowest BCUT2D eigenvalue weighted by Gasteiger charge is -2.37. The van der Waals surface area contributed by atoms with Gasteiger partial charge in [-0.1, -0.05) is 16.6 Å². The van der Waals surface area contributed by atoms with Gasteiger partial charge in [-0.05, 0) is 18.2 Å². The summed E-state index contributed by atoms with van der Waals surface area (Å²) in [6.07, 6.45) is 0.631. The van der Waals surface area contributed by atoms with Gasteiger partial charge in [0.25, 0.3) is 5.69 Å². The first-order valence-electron chi connectivity index (χ1n) is 9.72. The zero-order valence-electron chi connectivity index (χ0n) is 17.0. The van der Waals surface area contributed by atoms with Crippen LogP contribution in [0.25, 0.3) is 10.9 Å². The second kappa shape index (κ2) is 8.17. The summed E-state index contributed by atoms with van der Waals surface area (Å²) < 4.78 is 20.1. The number of nitro benzene ring substituents is 1. The van der Waals surface area contributed by atoms with Gasteiger partial charge in [0.1, 0.15) is 16.8 Å². The fourth-order valence-corrected chi connectivity index (χ4v) is 4.01. The molecule has 2 aromatic carbocycles. The number of pyridine rings is 1. The molecule has 1 saturated heterocycles. The highest BCUT2D eigenvalue weighted by atomic mass is 19.2. The highest BCUT2D eigenvalue weighted by Crippen LogP contribution is 2.37. The van der Waals surface area contributed by atoms with E-state index in [0.29, 0.717) is 43.8 Å². The van der Waals surface area contributed by atoms with Crippen LogP contribution in [0.4, 0.5) is 21.5 Å². The summed E-state index contributed by atoms with van der Waals surface area (Å²) in [5, 5.41) is 20.4. The first-order valence-corrected chi connectivity index (χ1v) is 9.72. The molecule has 1 N–H and O–H groups in total. The molecule has 3 aromatic rings. The number of nitro groups is 1. The number of methoxy groups -OCH3 is 1. The number of carboxylic acid groups (broad SMARTS) is 1. The Morgan fingerprint density at radius 2 is 1.72 bits per heavy atom. The fourth-order valence-electron chi connectivity index (χ4n) is 4.01. The molecular formula is C21H19FN4O6. The van der Waals surface area contributed by atoms with E-state index in [2.05, 4.69) is 0 Å². The molecule has 0 amide bonds. The van der Waals surface area contributed by atoms with E-state index in [4.69, 9.17) is 9.84 Å². The molecule has 0 spiro atoms. The van der Waals surface area contributed by atoms with Crippen molar-refractivity contribution in [3.8, 4) is 5.75 Å². The lowest BCUT2D eigenvalue weighted by Crippen LogP contribution is -2.46. The summed E-state index contributed by atoms with van der Waals surface area (Å²) in [5.41, 5.74) is -0.529. The van der Waals surface area contributed by atoms with Gasteiger partial charge < -0.3 is 19.6 Å². The molecule has 0 aliphatic carbocycles. The lowest BCUT2D eigenvalue weighted by molar-refractivity contribution is -0.384. The second-order valence-corrected chi connectivity index (χ2v) is 7.22. The van der Waals surface area contributed by atoms with Crippen molar-refractivity contribution in [3.05, 3.63) is 68.5 Å². The Hall–Kier alpha value is -4.15. The number of carbonyl (C=O) groups is 1. The number of ether oxygens (including phenoxy) is 1. The van der Waals surface area contributed by atoms with Gasteiger partial charge in [-0.2, -0.15) is 4.79 Å². The Morgan fingerprint density at radius 1 is 1.09 bits per heavy atom. The van der Waals surface area contributed by atoms with Gasteiger partial charge >= 0.3 is 5.97 Å². The standard InChI is InChI=1S/C21H19FN4O6/c1-32-20-17(7-6-13-18(20)25(22)12-14(19(13)27)21(28)29)24-10-8-23(9-11-24)15-4-2-3-5-16(15)26(30)31/h2-7,12H,8-11H2,1H3,(H,28,29). The van der Waals surface area contributed by atoms with Crippen molar-refractivity contribution >= 4 is 33.9 Å². The molecule has 0 radical (unpaired) electrons. The van der Waals surface area contributed by atoms with Crippen molar-refractivity contribution in [1.82, 2.24) is 4.79 Å². The lowest BCUT2D eigenvalue weighted by atomic mass is 10.1. The monoisotopic (exact) mass is 442 g/mol. The molecule has 0 unspecified atom stereocenters. The SMILES string of the molecule is COc1c(N2CCN(c3ccccc3[N+](=O)[O-])CC2)ccc2c(=O)c(C(=O)O)cn(F)c12. The van der Waals surface area contributed by atoms with Gasteiger partial charge in [-0.15, -0.1) is 0 Å². The van der Waals surface area contributed by atoms with Gasteiger partial charge in [0, 0.05) is 32.2 Å². The number of para-hydroxylation sites is 2. The van der Waals surface area contributed by atoms with E-state index >= 15 is 0 Å². The maximum Gasteiger partial charge on any atom is 0.341 e. The Bertz CT molecular complexity index is 1280. The van der Waals surface area contributed by atoms with Crippen LogP contribution < -0.4 is 20.0 Å². The van der Waals surface area contributed by atoms with Crippen LogP contribution in [0.1, 0.15) is 10.4 Å². The van der Waals surface area contributed by atoms with Crippen molar-refractivity contribution < 1.29 is 24.0 Å². The highest BCUT2D eigenvalue weighted by molar-refractivity contribution is 5.96. The molecule has 4 rings (SSSR count). The van der Waals surface area contributed by atoms with E-state index in [9.17, 15) is 24.2 Å². The van der Waals surface area contributed by atoms with Crippen molar-refractivity contribution in [2.75, 3.05) is 43.1 Å². The van der Waals surface area contributed by atoms with Crippen LogP contribution in [-0.4, -0.2) is 54.1 Å². The molecule has 0 saturated carbocycles. The molecule has 32 heavy (non-hydrogen) atoms. The average Bonchev–Trinajstić information content (AvgIpc) is 2.80. The number of aromatic carboxylic acids is 1. The Kier molecular flexibility index (Phi) is 5.39. The molecule has 1 aliphatic rings.